The fourth-order valence-corrected chi connectivity index (χ4v) is 1.26. The van der Waals surface area contributed by atoms with E-state index < -0.39 is 0 Å². The van der Waals surface area contributed by atoms with E-state index in [0.29, 0.717) is 0 Å². The van der Waals surface area contributed by atoms with Crippen molar-refractivity contribution in [1.29, 1.82) is 0 Å². The van der Waals surface area contributed by atoms with Gasteiger partial charge in [-0.05, 0) is 25.4 Å². The van der Waals surface area contributed by atoms with Crippen LogP contribution in [-0.4, -0.2) is 13.6 Å². The zero-order chi connectivity index (χ0) is 7.98. The van der Waals surface area contributed by atoms with Crippen LogP contribution >= 0.6 is 0 Å². The molecule has 0 spiro atoms. The van der Waals surface area contributed by atoms with Crippen molar-refractivity contribution in [2.24, 2.45) is 11.8 Å². The van der Waals surface area contributed by atoms with E-state index in [4.69, 9.17) is 0 Å². The third-order valence-corrected chi connectivity index (χ3v) is 2.24. The van der Waals surface area contributed by atoms with Gasteiger partial charge in [0.25, 0.3) is 0 Å². The van der Waals surface area contributed by atoms with E-state index in [2.05, 4.69) is 26.1 Å². The summed E-state index contributed by atoms with van der Waals surface area (Å²) in [7, 11) is 2.02. The van der Waals surface area contributed by atoms with Gasteiger partial charge in [0.1, 0.15) is 0 Å². The summed E-state index contributed by atoms with van der Waals surface area (Å²) in [6.45, 7) is 8.06. The molecule has 0 aliphatic heterocycles. The molecule has 0 fully saturated rings. The first-order chi connectivity index (χ1) is 4.72. The van der Waals surface area contributed by atoms with E-state index in [9.17, 15) is 0 Å². The van der Waals surface area contributed by atoms with Crippen LogP contribution in [0.1, 0.15) is 33.6 Å². The molecule has 0 saturated heterocycles. The van der Waals surface area contributed by atoms with E-state index in [1.165, 1.54) is 12.8 Å². The highest BCUT2D eigenvalue weighted by atomic mass is 14.8. The predicted octanol–water partition coefficient (Wildman–Crippen LogP) is 2.28. The van der Waals surface area contributed by atoms with Gasteiger partial charge < -0.3 is 5.32 Å². The monoisotopic (exact) mass is 143 g/mol. The van der Waals surface area contributed by atoms with Crippen LogP contribution in [-0.2, 0) is 0 Å². The van der Waals surface area contributed by atoms with Crippen molar-refractivity contribution in [3.05, 3.63) is 0 Å². The van der Waals surface area contributed by atoms with Crippen LogP contribution < -0.4 is 5.32 Å². The molecule has 2 unspecified atom stereocenters. The standard InChI is InChI=1S/C9H21N/c1-5-6-8(2)9(3)7-10-4/h8-10H,5-7H2,1-4H3. The van der Waals surface area contributed by atoms with Gasteiger partial charge in [-0.2, -0.15) is 0 Å². The molecule has 0 aliphatic rings. The van der Waals surface area contributed by atoms with Crippen LogP contribution in [0.4, 0.5) is 0 Å². The number of rotatable bonds is 5. The largest absolute Gasteiger partial charge is 0.319 e. The van der Waals surface area contributed by atoms with E-state index in [1.807, 2.05) is 7.05 Å². The van der Waals surface area contributed by atoms with E-state index in [1.54, 1.807) is 0 Å². The lowest BCUT2D eigenvalue weighted by molar-refractivity contribution is 0.352. The maximum atomic E-state index is 3.21. The maximum Gasteiger partial charge on any atom is -0.00236 e. The molecule has 0 bridgehead atoms. The summed E-state index contributed by atoms with van der Waals surface area (Å²) in [6, 6.07) is 0. The molecule has 0 radical (unpaired) electrons. The summed E-state index contributed by atoms with van der Waals surface area (Å²) in [5, 5.41) is 3.21. The highest BCUT2D eigenvalue weighted by Crippen LogP contribution is 2.15. The molecule has 10 heavy (non-hydrogen) atoms. The molecule has 0 aromatic rings. The Balaban J connectivity index is 3.38. The Morgan fingerprint density at radius 2 is 1.80 bits per heavy atom. The van der Waals surface area contributed by atoms with Gasteiger partial charge in [-0.25, -0.2) is 0 Å². The minimum atomic E-state index is 0.824. The highest BCUT2D eigenvalue weighted by molar-refractivity contribution is 4.62. The average molecular weight is 143 g/mol. The lowest BCUT2D eigenvalue weighted by Gasteiger charge is -2.18. The van der Waals surface area contributed by atoms with Gasteiger partial charge in [0.05, 0.1) is 0 Å². The van der Waals surface area contributed by atoms with E-state index in [-0.39, 0.29) is 0 Å². The Hall–Kier alpha value is -0.0400. The second-order valence-corrected chi connectivity index (χ2v) is 3.30. The van der Waals surface area contributed by atoms with Crippen molar-refractivity contribution in [2.75, 3.05) is 13.6 Å². The van der Waals surface area contributed by atoms with Crippen LogP contribution in [0.3, 0.4) is 0 Å². The quantitative estimate of drug-likeness (QED) is 0.622. The Labute approximate surface area is 65.2 Å². The molecule has 0 aliphatic carbocycles. The molecular weight excluding hydrogens is 122 g/mol. The third kappa shape index (κ3) is 3.89. The first-order valence-electron chi connectivity index (χ1n) is 4.37. The van der Waals surface area contributed by atoms with Crippen LogP contribution in [0.5, 0.6) is 0 Å². The van der Waals surface area contributed by atoms with Gasteiger partial charge in [-0.3, -0.25) is 0 Å². The molecule has 2 atom stereocenters. The second-order valence-electron chi connectivity index (χ2n) is 3.30. The second kappa shape index (κ2) is 5.72. The average Bonchev–Trinajstić information content (AvgIpc) is 1.89. The van der Waals surface area contributed by atoms with Gasteiger partial charge in [0, 0.05) is 0 Å². The van der Waals surface area contributed by atoms with Crippen LogP contribution in [0.2, 0.25) is 0 Å². The Bertz CT molecular complexity index is 61.1. The third-order valence-electron chi connectivity index (χ3n) is 2.24. The highest BCUT2D eigenvalue weighted by Gasteiger charge is 2.08. The summed E-state index contributed by atoms with van der Waals surface area (Å²) in [5.41, 5.74) is 0. The van der Waals surface area contributed by atoms with Crippen LogP contribution in [0, 0.1) is 11.8 Å². The molecular formula is C9H21N. The molecule has 0 rings (SSSR count). The minimum absolute atomic E-state index is 0.824. The molecule has 0 heterocycles. The minimum Gasteiger partial charge on any atom is -0.319 e. The number of hydrogen-bond acceptors (Lipinski definition) is 1. The summed E-state index contributed by atoms with van der Waals surface area (Å²) in [5.74, 6) is 1.70. The molecule has 1 N–H and O–H groups in total. The van der Waals surface area contributed by atoms with E-state index in [0.717, 1.165) is 18.4 Å². The van der Waals surface area contributed by atoms with Crippen molar-refractivity contribution in [2.45, 2.75) is 33.6 Å². The SMILES string of the molecule is CCCC(C)C(C)CNC. The van der Waals surface area contributed by atoms with Gasteiger partial charge in [0.2, 0.25) is 0 Å². The van der Waals surface area contributed by atoms with Crippen molar-refractivity contribution in [3.63, 3.8) is 0 Å². The van der Waals surface area contributed by atoms with Crippen molar-refractivity contribution in [3.8, 4) is 0 Å². The fourth-order valence-electron chi connectivity index (χ4n) is 1.26. The smallest absolute Gasteiger partial charge is 0.00236 e. The lowest BCUT2D eigenvalue weighted by atomic mass is 9.92. The normalized spacial score (nSPS) is 16.8. The molecule has 0 aromatic carbocycles. The summed E-state index contributed by atoms with van der Waals surface area (Å²) < 4.78 is 0. The Morgan fingerprint density at radius 3 is 2.20 bits per heavy atom. The summed E-state index contributed by atoms with van der Waals surface area (Å²) in [6.07, 6.45) is 2.68. The zero-order valence-corrected chi connectivity index (χ0v) is 7.78. The summed E-state index contributed by atoms with van der Waals surface area (Å²) >= 11 is 0. The van der Waals surface area contributed by atoms with Crippen molar-refractivity contribution < 1.29 is 0 Å². The van der Waals surface area contributed by atoms with Gasteiger partial charge in [-0.15, -0.1) is 0 Å². The molecule has 0 saturated carbocycles. The number of nitrogens with one attached hydrogen (secondary N) is 1. The number of hydrogen-bond donors (Lipinski definition) is 1. The van der Waals surface area contributed by atoms with Gasteiger partial charge >= 0.3 is 0 Å². The zero-order valence-electron chi connectivity index (χ0n) is 7.78. The molecule has 0 aromatic heterocycles. The predicted molar refractivity (Wildman–Crippen MR) is 47.2 cm³/mol. The first kappa shape index (κ1) is 9.96. The Morgan fingerprint density at radius 1 is 1.20 bits per heavy atom. The Kier molecular flexibility index (Phi) is 5.70. The van der Waals surface area contributed by atoms with Gasteiger partial charge in [-0.1, -0.05) is 33.6 Å². The maximum absolute atomic E-state index is 3.21. The first-order valence-corrected chi connectivity index (χ1v) is 4.37. The van der Waals surface area contributed by atoms with Crippen LogP contribution in [0.15, 0.2) is 0 Å². The van der Waals surface area contributed by atoms with Crippen molar-refractivity contribution in [1.82, 2.24) is 5.32 Å². The molecule has 1 heteroatoms. The molecule has 0 amide bonds. The lowest BCUT2D eigenvalue weighted by Crippen LogP contribution is -2.21. The van der Waals surface area contributed by atoms with Gasteiger partial charge in [0.15, 0.2) is 0 Å². The fraction of sp³-hybridized carbons (Fsp3) is 1.00. The van der Waals surface area contributed by atoms with Crippen LogP contribution in [0.25, 0.3) is 0 Å². The topological polar surface area (TPSA) is 12.0 Å². The van der Waals surface area contributed by atoms with E-state index >= 15 is 0 Å². The van der Waals surface area contributed by atoms with Crippen molar-refractivity contribution >= 4 is 0 Å². The molecule has 1 nitrogen and oxygen atoms in total. The summed E-state index contributed by atoms with van der Waals surface area (Å²) in [4.78, 5) is 0. The molecule has 62 valence electrons.